The molecule has 0 bridgehead atoms. The van der Waals surface area contributed by atoms with Crippen LogP contribution < -0.4 is 0 Å². The van der Waals surface area contributed by atoms with Crippen molar-refractivity contribution in [1.82, 2.24) is 4.90 Å². The maximum atomic E-state index is 12.5. The minimum atomic E-state index is -0.828. The molecule has 2 N–H and O–H groups in total. The largest absolute Gasteiger partial charge is 0.507 e. The van der Waals surface area contributed by atoms with Crippen LogP contribution in [0.5, 0.6) is 11.5 Å². The van der Waals surface area contributed by atoms with Crippen LogP contribution >= 0.6 is 11.6 Å². The maximum absolute atomic E-state index is 12.5. The van der Waals surface area contributed by atoms with Gasteiger partial charge in [-0.2, -0.15) is 0 Å². The summed E-state index contributed by atoms with van der Waals surface area (Å²) in [5.41, 5.74) is 0.257. The van der Waals surface area contributed by atoms with Crippen LogP contribution in [0, 0.1) is 0 Å². The molecule has 0 atom stereocenters. The zero-order valence-electron chi connectivity index (χ0n) is 19.2. The van der Waals surface area contributed by atoms with Crippen LogP contribution in [0.1, 0.15) is 48.0 Å². The number of hydrogen-bond acceptors (Lipinski definition) is 7. The summed E-state index contributed by atoms with van der Waals surface area (Å²) in [5, 5.41) is 24.4. The molecule has 184 valence electrons. The summed E-state index contributed by atoms with van der Waals surface area (Å²) in [5.74, 6) is -1.86. The number of amides is 1. The minimum absolute atomic E-state index is 0.0676. The topological polar surface area (TPSA) is 109 Å². The predicted molar refractivity (Wildman–Crippen MR) is 131 cm³/mol. The van der Waals surface area contributed by atoms with Gasteiger partial charge in [-0.3, -0.25) is 4.79 Å². The highest BCUT2D eigenvalue weighted by molar-refractivity contribution is 6.33. The number of oxime groups is 1. The van der Waals surface area contributed by atoms with Gasteiger partial charge < -0.3 is 24.7 Å². The number of ether oxygens (including phenoxy) is 1. The standard InChI is InChI=1S/C25H31ClN2O6/c1-3-5-6-8-11-18(27-34-17-22(31)28-12-9-7-10-13-28)15-19-23(25(32)33-14-4-2)20(29)16-21(30)24(19)26/h3-4,8,11,16,29-30H,1-2,5-7,9-10,12-15,17H2. The molecule has 9 heteroatoms. The van der Waals surface area contributed by atoms with Gasteiger partial charge >= 0.3 is 5.97 Å². The van der Waals surface area contributed by atoms with E-state index in [1.54, 1.807) is 17.1 Å². The lowest BCUT2D eigenvalue weighted by atomic mass is 9.99. The molecule has 0 saturated carbocycles. The minimum Gasteiger partial charge on any atom is -0.507 e. The van der Waals surface area contributed by atoms with Gasteiger partial charge in [0.1, 0.15) is 23.7 Å². The van der Waals surface area contributed by atoms with Crippen molar-refractivity contribution >= 4 is 29.2 Å². The summed E-state index contributed by atoms with van der Waals surface area (Å²) in [4.78, 5) is 32.0. The average Bonchev–Trinajstić information content (AvgIpc) is 2.83. The first-order valence-corrected chi connectivity index (χ1v) is 11.5. The number of piperidine rings is 1. The van der Waals surface area contributed by atoms with E-state index < -0.39 is 17.5 Å². The van der Waals surface area contributed by atoms with Crippen molar-refractivity contribution in [3.8, 4) is 11.5 Å². The van der Waals surface area contributed by atoms with Crippen molar-refractivity contribution in [2.24, 2.45) is 5.16 Å². The summed E-state index contributed by atoms with van der Waals surface area (Å²) >= 11 is 6.28. The molecular weight excluding hydrogens is 460 g/mol. The fourth-order valence-electron chi connectivity index (χ4n) is 3.43. The number of phenols is 2. The molecule has 2 rings (SSSR count). The zero-order valence-corrected chi connectivity index (χ0v) is 19.9. The number of carbonyl (C=O) groups is 2. The second kappa shape index (κ2) is 14.1. The van der Waals surface area contributed by atoms with Crippen molar-refractivity contribution in [2.45, 2.75) is 38.5 Å². The second-order valence-electron chi connectivity index (χ2n) is 7.71. The predicted octanol–water partition coefficient (Wildman–Crippen LogP) is 4.54. The molecule has 1 aliphatic heterocycles. The lowest BCUT2D eigenvalue weighted by molar-refractivity contribution is -0.137. The maximum Gasteiger partial charge on any atom is 0.342 e. The number of likely N-dealkylation sites (tertiary alicyclic amines) is 1. The Balaban J connectivity index is 2.28. The van der Waals surface area contributed by atoms with Crippen LogP contribution in [-0.4, -0.2) is 59.0 Å². The average molecular weight is 491 g/mol. The number of rotatable bonds is 12. The molecular formula is C25H31ClN2O6. The molecule has 1 amide bonds. The van der Waals surface area contributed by atoms with Crippen LogP contribution in [0.3, 0.4) is 0 Å². The van der Waals surface area contributed by atoms with E-state index in [4.69, 9.17) is 21.2 Å². The van der Waals surface area contributed by atoms with Gasteiger partial charge in [0, 0.05) is 25.6 Å². The van der Waals surface area contributed by atoms with E-state index in [1.165, 1.54) is 6.08 Å². The van der Waals surface area contributed by atoms with E-state index in [-0.39, 0.29) is 41.7 Å². The van der Waals surface area contributed by atoms with Gasteiger partial charge in [0.25, 0.3) is 5.91 Å². The Morgan fingerprint density at radius 3 is 2.53 bits per heavy atom. The third-order valence-corrected chi connectivity index (χ3v) is 5.56. The molecule has 0 radical (unpaired) electrons. The molecule has 0 unspecified atom stereocenters. The third-order valence-electron chi connectivity index (χ3n) is 5.14. The highest BCUT2D eigenvalue weighted by Gasteiger charge is 2.24. The molecule has 1 fully saturated rings. The molecule has 0 aliphatic carbocycles. The first-order valence-electron chi connectivity index (χ1n) is 11.1. The zero-order chi connectivity index (χ0) is 24.9. The Morgan fingerprint density at radius 1 is 1.12 bits per heavy atom. The van der Waals surface area contributed by atoms with Gasteiger partial charge in [-0.15, -0.1) is 6.58 Å². The summed E-state index contributed by atoms with van der Waals surface area (Å²) < 4.78 is 5.06. The normalized spacial score (nSPS) is 14.1. The summed E-state index contributed by atoms with van der Waals surface area (Å²) in [6, 6.07) is 0.973. The van der Waals surface area contributed by atoms with Gasteiger partial charge in [-0.1, -0.05) is 41.6 Å². The molecule has 0 aromatic heterocycles. The monoisotopic (exact) mass is 490 g/mol. The third kappa shape index (κ3) is 7.95. The molecule has 34 heavy (non-hydrogen) atoms. The van der Waals surface area contributed by atoms with Gasteiger partial charge in [0.15, 0.2) is 6.61 Å². The summed E-state index contributed by atoms with van der Waals surface area (Å²) in [7, 11) is 0. The number of hydrogen-bond donors (Lipinski definition) is 2. The van der Waals surface area contributed by atoms with E-state index in [1.807, 2.05) is 6.08 Å². The van der Waals surface area contributed by atoms with Crippen molar-refractivity contribution in [3.05, 3.63) is 59.7 Å². The van der Waals surface area contributed by atoms with Crippen molar-refractivity contribution in [1.29, 1.82) is 0 Å². The van der Waals surface area contributed by atoms with Gasteiger partial charge in [0.2, 0.25) is 0 Å². The van der Waals surface area contributed by atoms with E-state index in [2.05, 4.69) is 18.3 Å². The second-order valence-corrected chi connectivity index (χ2v) is 8.09. The summed E-state index contributed by atoms with van der Waals surface area (Å²) in [6.45, 7) is 8.29. The van der Waals surface area contributed by atoms with E-state index in [0.29, 0.717) is 25.2 Å². The molecule has 1 saturated heterocycles. The Hall–Kier alpha value is -3.26. The van der Waals surface area contributed by atoms with Crippen LogP contribution in [0.15, 0.2) is 48.7 Å². The fourth-order valence-corrected chi connectivity index (χ4v) is 3.64. The lowest BCUT2D eigenvalue weighted by Gasteiger charge is -2.26. The van der Waals surface area contributed by atoms with Gasteiger partial charge in [-0.05, 0) is 43.7 Å². The SMILES string of the molecule is C=CCCC=CC(Cc1c(Cl)c(O)cc(O)c1C(=O)OCC=C)=NOCC(=O)N1CCCCC1. The Bertz CT molecular complexity index is 951. The molecule has 1 aromatic rings. The number of nitrogens with zero attached hydrogens (tertiary/aromatic N) is 2. The fraction of sp³-hybridized carbons (Fsp3) is 0.400. The Kier molecular flexibility index (Phi) is 11.2. The number of aromatic hydroxyl groups is 2. The van der Waals surface area contributed by atoms with Crippen molar-refractivity contribution in [2.75, 3.05) is 26.3 Å². The lowest BCUT2D eigenvalue weighted by Crippen LogP contribution is -2.37. The molecule has 1 heterocycles. The van der Waals surface area contributed by atoms with Crippen LogP contribution in [0.2, 0.25) is 5.02 Å². The Labute approximate surface area is 204 Å². The van der Waals surface area contributed by atoms with E-state index >= 15 is 0 Å². The van der Waals surface area contributed by atoms with Gasteiger partial charge in [-0.25, -0.2) is 4.79 Å². The van der Waals surface area contributed by atoms with Crippen molar-refractivity contribution < 1.29 is 29.4 Å². The first kappa shape index (κ1) is 27.0. The number of phenolic OH excluding ortho intramolecular Hbond substituents is 2. The number of benzene rings is 1. The molecule has 1 aliphatic rings. The number of carbonyl (C=O) groups excluding carboxylic acids is 2. The number of esters is 1. The Morgan fingerprint density at radius 2 is 1.85 bits per heavy atom. The highest BCUT2D eigenvalue weighted by atomic mass is 35.5. The quantitative estimate of drug-likeness (QED) is 0.146. The van der Waals surface area contributed by atoms with Crippen LogP contribution in [0.4, 0.5) is 0 Å². The summed E-state index contributed by atoms with van der Waals surface area (Å²) in [6.07, 6.45) is 11.1. The first-order chi connectivity index (χ1) is 16.4. The van der Waals surface area contributed by atoms with Crippen LogP contribution in [-0.2, 0) is 20.8 Å². The van der Waals surface area contributed by atoms with Gasteiger partial charge in [0.05, 0.1) is 10.7 Å². The van der Waals surface area contributed by atoms with E-state index in [9.17, 15) is 19.8 Å². The number of unbranched alkanes of at least 4 members (excludes halogenated alkanes) is 1. The number of allylic oxidation sites excluding steroid dienone is 3. The highest BCUT2D eigenvalue weighted by Crippen LogP contribution is 2.37. The molecule has 0 spiro atoms. The number of halogens is 1. The molecule has 1 aromatic carbocycles. The molecule has 8 nitrogen and oxygen atoms in total. The van der Waals surface area contributed by atoms with Crippen LogP contribution in [0.25, 0.3) is 0 Å². The smallest absolute Gasteiger partial charge is 0.342 e. The van der Waals surface area contributed by atoms with Crippen molar-refractivity contribution in [3.63, 3.8) is 0 Å². The van der Waals surface area contributed by atoms with E-state index in [0.717, 1.165) is 31.7 Å².